The van der Waals surface area contributed by atoms with Crippen molar-refractivity contribution in [2.45, 2.75) is 32.4 Å². The van der Waals surface area contributed by atoms with Gasteiger partial charge in [-0.05, 0) is 49.6 Å². The Morgan fingerprint density at radius 3 is 2.93 bits per heavy atom. The first-order valence-electron chi connectivity index (χ1n) is 9.53. The molecule has 1 N–H and O–H groups in total. The molecule has 0 aliphatic heterocycles. The maximum atomic E-state index is 12.7. The average Bonchev–Trinajstić information content (AvgIpc) is 3.33. The van der Waals surface area contributed by atoms with Gasteiger partial charge in [-0.25, -0.2) is 4.98 Å². The standard InChI is InChI=1S/C22H21N5O/c1-15-24-19(14-26(15)13-16-5-4-9-23-12-16)21-11-18(22(28)25-17-7-8-17)20-6-2-3-10-27(20)21/h2-6,9-12,14,17H,7-8,13H2,1H3,(H,25,28). The highest BCUT2D eigenvalue weighted by Crippen LogP contribution is 2.27. The number of hydrogen-bond donors (Lipinski definition) is 1. The summed E-state index contributed by atoms with van der Waals surface area (Å²) >= 11 is 0. The molecule has 6 heteroatoms. The summed E-state index contributed by atoms with van der Waals surface area (Å²) in [6.45, 7) is 2.71. The Hall–Kier alpha value is -3.41. The average molecular weight is 371 g/mol. The van der Waals surface area contributed by atoms with E-state index >= 15 is 0 Å². The number of aryl methyl sites for hydroxylation is 1. The van der Waals surface area contributed by atoms with E-state index in [1.165, 1.54) is 0 Å². The van der Waals surface area contributed by atoms with Crippen LogP contribution in [0.15, 0.2) is 61.2 Å². The third kappa shape index (κ3) is 3.07. The van der Waals surface area contributed by atoms with Crippen molar-refractivity contribution in [3.05, 3.63) is 78.1 Å². The minimum atomic E-state index is -0.0102. The molecule has 1 amide bonds. The molecule has 4 aromatic heterocycles. The van der Waals surface area contributed by atoms with E-state index in [1.807, 2.05) is 60.2 Å². The number of carbonyl (C=O) groups is 1. The highest BCUT2D eigenvalue weighted by molar-refractivity contribution is 6.03. The second-order valence-corrected chi connectivity index (χ2v) is 7.31. The number of pyridine rings is 2. The summed E-state index contributed by atoms with van der Waals surface area (Å²) in [4.78, 5) is 21.7. The number of carbonyl (C=O) groups excluding carboxylic acids is 1. The number of fused-ring (bicyclic) bond motifs is 1. The predicted octanol–water partition coefficient (Wildman–Crippen LogP) is 3.45. The van der Waals surface area contributed by atoms with Gasteiger partial charge in [-0.1, -0.05) is 12.1 Å². The second-order valence-electron chi connectivity index (χ2n) is 7.31. The Labute approximate surface area is 162 Å². The first-order chi connectivity index (χ1) is 13.7. The number of aromatic nitrogens is 4. The van der Waals surface area contributed by atoms with Crippen LogP contribution in [-0.2, 0) is 6.54 Å². The largest absolute Gasteiger partial charge is 0.349 e. The fraction of sp³-hybridized carbons (Fsp3) is 0.227. The van der Waals surface area contributed by atoms with Crippen LogP contribution in [0.4, 0.5) is 0 Å². The van der Waals surface area contributed by atoms with Crippen molar-refractivity contribution in [3.8, 4) is 11.4 Å². The summed E-state index contributed by atoms with van der Waals surface area (Å²) < 4.78 is 4.15. The second kappa shape index (κ2) is 6.64. The fourth-order valence-electron chi connectivity index (χ4n) is 3.50. The molecule has 1 fully saturated rings. The van der Waals surface area contributed by atoms with Crippen molar-refractivity contribution in [2.24, 2.45) is 0 Å². The van der Waals surface area contributed by atoms with E-state index in [4.69, 9.17) is 4.98 Å². The lowest BCUT2D eigenvalue weighted by Gasteiger charge is -2.03. The van der Waals surface area contributed by atoms with Crippen molar-refractivity contribution in [1.29, 1.82) is 0 Å². The summed E-state index contributed by atoms with van der Waals surface area (Å²) in [6, 6.07) is 12.2. The topological polar surface area (TPSA) is 64.2 Å². The number of nitrogens with zero attached hydrogens (tertiary/aromatic N) is 4. The molecule has 1 aliphatic carbocycles. The van der Waals surface area contributed by atoms with Crippen LogP contribution >= 0.6 is 0 Å². The third-order valence-electron chi connectivity index (χ3n) is 5.15. The molecular formula is C22H21N5O. The van der Waals surface area contributed by atoms with Gasteiger partial charge in [0.25, 0.3) is 5.91 Å². The molecule has 6 nitrogen and oxygen atoms in total. The van der Waals surface area contributed by atoms with Gasteiger partial charge in [-0.2, -0.15) is 0 Å². The highest BCUT2D eigenvalue weighted by Gasteiger charge is 2.26. The minimum Gasteiger partial charge on any atom is -0.349 e. The molecule has 0 spiro atoms. The van der Waals surface area contributed by atoms with Crippen molar-refractivity contribution < 1.29 is 4.79 Å². The number of imidazole rings is 1. The van der Waals surface area contributed by atoms with Crippen LogP contribution in [0.1, 0.15) is 34.6 Å². The molecule has 0 aromatic carbocycles. The summed E-state index contributed by atoms with van der Waals surface area (Å²) in [5, 5.41) is 3.09. The van der Waals surface area contributed by atoms with Crippen LogP contribution in [0.5, 0.6) is 0 Å². The number of hydrogen-bond acceptors (Lipinski definition) is 3. The summed E-state index contributed by atoms with van der Waals surface area (Å²) in [5.74, 6) is 0.915. The molecule has 5 rings (SSSR count). The molecule has 1 saturated carbocycles. The fourth-order valence-corrected chi connectivity index (χ4v) is 3.50. The smallest absolute Gasteiger partial charge is 0.253 e. The van der Waals surface area contributed by atoms with Gasteiger partial charge < -0.3 is 14.3 Å². The van der Waals surface area contributed by atoms with Crippen LogP contribution < -0.4 is 5.32 Å². The van der Waals surface area contributed by atoms with Gasteiger partial charge in [0.2, 0.25) is 0 Å². The van der Waals surface area contributed by atoms with E-state index in [0.717, 1.165) is 41.1 Å². The number of amides is 1. The van der Waals surface area contributed by atoms with E-state index in [9.17, 15) is 4.79 Å². The molecule has 4 heterocycles. The number of nitrogens with one attached hydrogen (secondary N) is 1. The van der Waals surface area contributed by atoms with Crippen molar-refractivity contribution in [2.75, 3.05) is 0 Å². The lowest BCUT2D eigenvalue weighted by Crippen LogP contribution is -2.25. The zero-order chi connectivity index (χ0) is 19.1. The molecule has 1 aliphatic rings. The highest BCUT2D eigenvalue weighted by atomic mass is 16.1. The Bertz CT molecular complexity index is 1150. The number of rotatable bonds is 5. The van der Waals surface area contributed by atoms with E-state index in [2.05, 4.69) is 20.9 Å². The van der Waals surface area contributed by atoms with Gasteiger partial charge in [-0.3, -0.25) is 9.78 Å². The zero-order valence-corrected chi connectivity index (χ0v) is 15.7. The van der Waals surface area contributed by atoms with E-state index in [0.29, 0.717) is 18.2 Å². The van der Waals surface area contributed by atoms with Gasteiger partial charge in [0.15, 0.2) is 0 Å². The summed E-state index contributed by atoms with van der Waals surface area (Å²) in [6.07, 6.45) is 9.81. The minimum absolute atomic E-state index is 0.0102. The van der Waals surface area contributed by atoms with Gasteiger partial charge in [0.1, 0.15) is 11.5 Å². The van der Waals surface area contributed by atoms with Crippen LogP contribution in [-0.4, -0.2) is 30.9 Å². The molecule has 0 bridgehead atoms. The monoisotopic (exact) mass is 371 g/mol. The molecule has 140 valence electrons. The van der Waals surface area contributed by atoms with Crippen molar-refractivity contribution in [3.63, 3.8) is 0 Å². The normalized spacial score (nSPS) is 13.8. The SMILES string of the molecule is Cc1nc(-c2cc(C(=O)NC3CC3)c3ccccn23)cn1Cc1cccnc1. The van der Waals surface area contributed by atoms with Crippen LogP contribution in [0.25, 0.3) is 16.9 Å². The molecule has 0 atom stereocenters. The summed E-state index contributed by atoms with van der Waals surface area (Å²) in [5.41, 5.74) is 4.49. The molecule has 0 unspecified atom stereocenters. The lowest BCUT2D eigenvalue weighted by atomic mass is 10.2. The van der Waals surface area contributed by atoms with Gasteiger partial charge in [-0.15, -0.1) is 0 Å². The van der Waals surface area contributed by atoms with Crippen LogP contribution in [0, 0.1) is 6.92 Å². The van der Waals surface area contributed by atoms with Gasteiger partial charge in [0.05, 0.1) is 23.3 Å². The quantitative estimate of drug-likeness (QED) is 0.584. The lowest BCUT2D eigenvalue weighted by molar-refractivity contribution is 0.0953. The zero-order valence-electron chi connectivity index (χ0n) is 15.7. The van der Waals surface area contributed by atoms with E-state index in [-0.39, 0.29) is 5.91 Å². The Balaban J connectivity index is 1.54. The molecular weight excluding hydrogens is 350 g/mol. The van der Waals surface area contributed by atoms with Crippen molar-refractivity contribution in [1.82, 2.24) is 24.3 Å². The third-order valence-corrected chi connectivity index (χ3v) is 5.15. The molecule has 28 heavy (non-hydrogen) atoms. The maximum Gasteiger partial charge on any atom is 0.253 e. The van der Waals surface area contributed by atoms with Crippen molar-refractivity contribution >= 4 is 11.4 Å². The first kappa shape index (κ1) is 16.7. The Morgan fingerprint density at radius 1 is 1.25 bits per heavy atom. The van der Waals surface area contributed by atoms with E-state index in [1.54, 1.807) is 6.20 Å². The van der Waals surface area contributed by atoms with Gasteiger partial charge in [0, 0.05) is 30.8 Å². The molecule has 4 aromatic rings. The Morgan fingerprint density at radius 2 is 2.14 bits per heavy atom. The maximum absolute atomic E-state index is 12.7. The molecule has 0 radical (unpaired) electrons. The summed E-state index contributed by atoms with van der Waals surface area (Å²) in [7, 11) is 0. The first-order valence-corrected chi connectivity index (χ1v) is 9.53. The van der Waals surface area contributed by atoms with Crippen LogP contribution in [0.2, 0.25) is 0 Å². The molecule has 0 saturated heterocycles. The Kier molecular flexibility index (Phi) is 3.97. The van der Waals surface area contributed by atoms with Gasteiger partial charge >= 0.3 is 0 Å². The predicted molar refractivity (Wildman–Crippen MR) is 107 cm³/mol. The van der Waals surface area contributed by atoms with E-state index < -0.39 is 0 Å². The van der Waals surface area contributed by atoms with Crippen LogP contribution in [0.3, 0.4) is 0 Å².